The smallest absolute Gasteiger partial charge is 0.238 e. The van der Waals surface area contributed by atoms with E-state index in [1.807, 2.05) is 18.2 Å². The number of para-hydroxylation sites is 1. The summed E-state index contributed by atoms with van der Waals surface area (Å²) in [5.74, 6) is 1.95. The predicted molar refractivity (Wildman–Crippen MR) is 200 cm³/mol. The zero-order valence-electron chi connectivity index (χ0n) is 27.2. The van der Waals surface area contributed by atoms with Gasteiger partial charge in [0.1, 0.15) is 0 Å². The Balaban J connectivity index is 1.27. The van der Waals surface area contributed by atoms with Gasteiger partial charge in [-0.2, -0.15) is 9.97 Å². The molecule has 0 unspecified atom stereocenters. The van der Waals surface area contributed by atoms with Crippen LogP contribution in [0, 0.1) is 0 Å². The highest BCUT2D eigenvalue weighted by molar-refractivity contribution is 6.11. The Hall–Kier alpha value is -5.87. The van der Waals surface area contributed by atoms with E-state index in [1.165, 1.54) is 65.1 Å². The minimum atomic E-state index is 0.0493. The third-order valence-electron chi connectivity index (χ3n) is 10.9. The zero-order chi connectivity index (χ0) is 32.4. The summed E-state index contributed by atoms with van der Waals surface area (Å²) in [5.41, 5.74) is 12.2. The molecule has 0 radical (unpaired) electrons. The minimum Gasteiger partial charge on any atom is -0.278 e. The molecule has 0 N–H and O–H groups in total. The fourth-order valence-corrected chi connectivity index (χ4v) is 8.67. The molecule has 0 saturated heterocycles. The van der Waals surface area contributed by atoms with E-state index < -0.39 is 0 Å². The van der Waals surface area contributed by atoms with E-state index in [0.717, 1.165) is 33.3 Å². The maximum atomic E-state index is 5.34. The van der Waals surface area contributed by atoms with Crippen molar-refractivity contribution in [1.29, 1.82) is 0 Å². The predicted octanol–water partition coefficient (Wildman–Crippen LogP) is 11.2. The van der Waals surface area contributed by atoms with Crippen molar-refractivity contribution in [1.82, 2.24) is 19.5 Å². The summed E-state index contributed by atoms with van der Waals surface area (Å²) in [5, 5.41) is 2.43. The third kappa shape index (κ3) is 4.33. The van der Waals surface area contributed by atoms with Gasteiger partial charge >= 0.3 is 0 Å². The number of benzene rings is 6. The second kappa shape index (κ2) is 11.1. The average molecular weight is 631 g/mol. The molecule has 4 nitrogen and oxygen atoms in total. The van der Waals surface area contributed by atoms with Crippen molar-refractivity contribution >= 4 is 21.8 Å². The van der Waals surface area contributed by atoms with Crippen LogP contribution < -0.4 is 0 Å². The number of hydrogen-bond acceptors (Lipinski definition) is 3. The van der Waals surface area contributed by atoms with Gasteiger partial charge in [0.25, 0.3) is 0 Å². The lowest BCUT2D eigenvalue weighted by Gasteiger charge is -2.36. The van der Waals surface area contributed by atoms with Gasteiger partial charge < -0.3 is 0 Å². The van der Waals surface area contributed by atoms with Gasteiger partial charge in [-0.25, -0.2) is 4.98 Å². The molecule has 0 aliphatic heterocycles. The Morgan fingerprint density at radius 3 is 1.86 bits per heavy atom. The quantitative estimate of drug-likeness (QED) is 0.194. The van der Waals surface area contributed by atoms with E-state index in [1.54, 1.807) is 0 Å². The highest BCUT2D eigenvalue weighted by Crippen LogP contribution is 2.57. The second-order valence-electron chi connectivity index (χ2n) is 13.5. The van der Waals surface area contributed by atoms with Crippen LogP contribution in [-0.4, -0.2) is 19.5 Å². The van der Waals surface area contributed by atoms with Crippen LogP contribution in [0.25, 0.3) is 72.8 Å². The van der Waals surface area contributed by atoms with Crippen LogP contribution in [0.4, 0.5) is 0 Å². The molecule has 1 fully saturated rings. The van der Waals surface area contributed by atoms with Crippen molar-refractivity contribution in [3.05, 3.63) is 157 Å². The van der Waals surface area contributed by atoms with Crippen molar-refractivity contribution in [2.75, 3.05) is 0 Å². The Kier molecular flexibility index (Phi) is 6.38. The van der Waals surface area contributed by atoms with Crippen molar-refractivity contribution < 1.29 is 0 Å². The van der Waals surface area contributed by atoms with Crippen molar-refractivity contribution in [3.63, 3.8) is 0 Å². The third-order valence-corrected chi connectivity index (χ3v) is 10.9. The molecule has 0 bridgehead atoms. The lowest BCUT2D eigenvalue weighted by Crippen LogP contribution is -2.28. The highest BCUT2D eigenvalue weighted by Gasteiger charge is 2.44. The zero-order valence-corrected chi connectivity index (χ0v) is 27.2. The molecule has 2 aromatic heterocycles. The SMILES string of the molecule is c1ccc(-c2nc(-c3ccccc3-c3ccccc3)nc(-n3c4ccccc4c4cc5c(cc43)C3(CCCCC3)c3ccccc3-5)n2)cc1. The van der Waals surface area contributed by atoms with E-state index in [-0.39, 0.29) is 5.41 Å². The Morgan fingerprint density at radius 2 is 1.06 bits per heavy atom. The maximum absolute atomic E-state index is 5.34. The van der Waals surface area contributed by atoms with E-state index >= 15 is 0 Å². The molecule has 234 valence electrons. The first-order valence-corrected chi connectivity index (χ1v) is 17.4. The van der Waals surface area contributed by atoms with Gasteiger partial charge in [0.2, 0.25) is 5.95 Å². The van der Waals surface area contributed by atoms with Gasteiger partial charge in [0, 0.05) is 27.3 Å². The largest absolute Gasteiger partial charge is 0.278 e. The molecular weight excluding hydrogens is 597 g/mol. The number of fused-ring (bicyclic) bond motifs is 8. The summed E-state index contributed by atoms with van der Waals surface area (Å²) in [6.45, 7) is 0. The number of hydrogen-bond donors (Lipinski definition) is 0. The summed E-state index contributed by atoms with van der Waals surface area (Å²) in [7, 11) is 0. The van der Waals surface area contributed by atoms with Gasteiger partial charge in [0.05, 0.1) is 11.0 Å². The van der Waals surface area contributed by atoms with Crippen molar-refractivity contribution in [2.45, 2.75) is 37.5 Å². The first-order valence-electron chi connectivity index (χ1n) is 17.4. The average Bonchev–Trinajstić information content (AvgIpc) is 3.64. The van der Waals surface area contributed by atoms with Crippen LogP contribution in [0.3, 0.4) is 0 Å². The van der Waals surface area contributed by atoms with Gasteiger partial charge in [-0.05, 0) is 64.4 Å². The van der Waals surface area contributed by atoms with E-state index in [2.05, 4.69) is 132 Å². The molecule has 1 saturated carbocycles. The molecule has 2 aliphatic carbocycles. The van der Waals surface area contributed by atoms with E-state index in [9.17, 15) is 0 Å². The van der Waals surface area contributed by atoms with Crippen LogP contribution in [0.5, 0.6) is 0 Å². The molecule has 49 heavy (non-hydrogen) atoms. The summed E-state index contributed by atoms with van der Waals surface area (Å²) < 4.78 is 2.28. The Morgan fingerprint density at radius 1 is 0.429 bits per heavy atom. The lowest BCUT2D eigenvalue weighted by molar-refractivity contribution is 0.353. The minimum absolute atomic E-state index is 0.0493. The standard InChI is InChI=1S/C45H34N4/c1-4-16-30(17-5-1)32-20-8-9-23-35(32)43-46-42(31-18-6-2-7-19-31)47-44(48-43)49-40-25-13-11-22-34(40)37-28-36-33-21-10-12-24-38(33)45(26-14-3-15-27-45)39(36)29-41(37)49/h1-2,4-13,16-25,28-29H,3,14-15,26-27H2. The van der Waals surface area contributed by atoms with Crippen LogP contribution in [0.15, 0.2) is 146 Å². The van der Waals surface area contributed by atoms with Crippen molar-refractivity contribution in [3.8, 4) is 51.0 Å². The fraction of sp³-hybridized carbons (Fsp3) is 0.133. The fourth-order valence-electron chi connectivity index (χ4n) is 8.67. The molecule has 2 heterocycles. The van der Waals surface area contributed by atoms with E-state index in [4.69, 9.17) is 15.0 Å². The molecule has 0 atom stereocenters. The first-order chi connectivity index (χ1) is 24.3. The van der Waals surface area contributed by atoms with Crippen LogP contribution in [0.1, 0.15) is 43.2 Å². The number of rotatable bonds is 4. The lowest BCUT2D eigenvalue weighted by atomic mass is 9.68. The first kappa shape index (κ1) is 28.2. The second-order valence-corrected chi connectivity index (χ2v) is 13.5. The summed E-state index contributed by atoms with van der Waals surface area (Å²) in [6.07, 6.45) is 6.20. The van der Waals surface area contributed by atoms with Gasteiger partial charge in [-0.15, -0.1) is 0 Å². The van der Waals surface area contributed by atoms with Crippen LogP contribution in [0.2, 0.25) is 0 Å². The molecule has 6 aromatic carbocycles. The molecule has 2 aliphatic rings. The molecule has 4 heteroatoms. The number of aromatic nitrogens is 4. The topological polar surface area (TPSA) is 43.6 Å². The molecule has 8 aromatic rings. The monoisotopic (exact) mass is 630 g/mol. The summed E-state index contributed by atoms with van der Waals surface area (Å²) >= 11 is 0. The summed E-state index contributed by atoms with van der Waals surface area (Å²) in [4.78, 5) is 15.7. The van der Waals surface area contributed by atoms with Gasteiger partial charge in [0.15, 0.2) is 11.6 Å². The van der Waals surface area contributed by atoms with E-state index in [0.29, 0.717) is 17.6 Å². The highest BCUT2D eigenvalue weighted by atomic mass is 15.2. The molecule has 10 rings (SSSR count). The molecular formula is C45H34N4. The van der Waals surface area contributed by atoms with Gasteiger partial charge in [-0.3, -0.25) is 4.57 Å². The van der Waals surface area contributed by atoms with Crippen LogP contribution in [-0.2, 0) is 5.41 Å². The maximum Gasteiger partial charge on any atom is 0.238 e. The molecule has 0 amide bonds. The molecule has 1 spiro atoms. The number of nitrogens with zero attached hydrogens (tertiary/aromatic N) is 4. The van der Waals surface area contributed by atoms with Crippen molar-refractivity contribution in [2.24, 2.45) is 0 Å². The Labute approximate surface area is 285 Å². The summed E-state index contributed by atoms with van der Waals surface area (Å²) in [6, 6.07) is 52.0. The normalized spacial score (nSPS) is 14.7. The Bertz CT molecular complexity index is 2520. The van der Waals surface area contributed by atoms with Crippen LogP contribution >= 0.6 is 0 Å². The van der Waals surface area contributed by atoms with Gasteiger partial charge in [-0.1, -0.05) is 147 Å².